The third kappa shape index (κ3) is 1.28. The van der Waals surface area contributed by atoms with Crippen molar-refractivity contribution in [3.63, 3.8) is 0 Å². The summed E-state index contributed by atoms with van der Waals surface area (Å²) in [5, 5.41) is 10.0. The fourth-order valence-corrected chi connectivity index (χ4v) is 1.97. The van der Waals surface area contributed by atoms with Crippen molar-refractivity contribution in [2.75, 3.05) is 6.54 Å². The van der Waals surface area contributed by atoms with E-state index in [-0.39, 0.29) is 5.41 Å². The van der Waals surface area contributed by atoms with Crippen LogP contribution < -0.4 is 5.73 Å². The molecule has 0 amide bonds. The van der Waals surface area contributed by atoms with Crippen molar-refractivity contribution in [1.82, 2.24) is 0 Å². The molecule has 1 heterocycles. The normalized spacial score (nSPS) is 22.3. The van der Waals surface area contributed by atoms with Gasteiger partial charge in [0, 0.05) is 12.0 Å². The molecular weight excluding hydrogens is 166 g/mol. The molecule has 0 aromatic carbocycles. The van der Waals surface area contributed by atoms with Crippen molar-refractivity contribution >= 4 is 0 Å². The zero-order chi connectivity index (χ0) is 9.31. The average Bonchev–Trinajstić information content (AvgIpc) is 2.54. The second kappa shape index (κ2) is 3.16. The van der Waals surface area contributed by atoms with Gasteiger partial charge in [0.2, 0.25) is 0 Å². The Hall–Kier alpha value is -0.800. The molecule has 3 N–H and O–H groups in total. The highest BCUT2D eigenvalue weighted by atomic mass is 16.4. The Morgan fingerprint density at radius 3 is 2.77 bits per heavy atom. The largest absolute Gasteiger partial charge is 0.467 e. The van der Waals surface area contributed by atoms with Gasteiger partial charge in [-0.05, 0) is 25.0 Å². The SMILES string of the molecule is NCC1([C@@H](O)c2ccco2)CCC1. The van der Waals surface area contributed by atoms with Crippen LogP contribution in [-0.2, 0) is 0 Å². The zero-order valence-electron chi connectivity index (χ0n) is 7.57. The first-order valence-electron chi connectivity index (χ1n) is 4.70. The summed E-state index contributed by atoms with van der Waals surface area (Å²) < 4.78 is 5.17. The average molecular weight is 181 g/mol. The first-order valence-corrected chi connectivity index (χ1v) is 4.70. The Kier molecular flexibility index (Phi) is 2.14. The number of rotatable bonds is 3. The van der Waals surface area contributed by atoms with Crippen LogP contribution >= 0.6 is 0 Å². The monoisotopic (exact) mass is 181 g/mol. The molecule has 1 atom stereocenters. The minimum absolute atomic E-state index is 0.113. The van der Waals surface area contributed by atoms with Gasteiger partial charge in [0.25, 0.3) is 0 Å². The quantitative estimate of drug-likeness (QED) is 0.741. The number of aliphatic hydroxyl groups is 1. The first-order chi connectivity index (χ1) is 6.28. The molecule has 1 aliphatic rings. The van der Waals surface area contributed by atoms with E-state index in [1.807, 2.05) is 0 Å². The van der Waals surface area contributed by atoms with Crippen LogP contribution in [0.1, 0.15) is 31.1 Å². The van der Waals surface area contributed by atoms with Crippen molar-refractivity contribution in [1.29, 1.82) is 0 Å². The second-order valence-electron chi connectivity index (χ2n) is 3.84. The number of furan rings is 1. The Morgan fingerprint density at radius 1 is 1.62 bits per heavy atom. The Balaban J connectivity index is 2.16. The molecule has 0 saturated heterocycles. The van der Waals surface area contributed by atoms with E-state index in [4.69, 9.17) is 10.2 Å². The molecule has 1 aromatic heterocycles. The number of nitrogens with two attached hydrogens (primary N) is 1. The van der Waals surface area contributed by atoms with Gasteiger partial charge in [-0.25, -0.2) is 0 Å². The molecule has 0 spiro atoms. The summed E-state index contributed by atoms with van der Waals surface area (Å²) in [5.74, 6) is 0.644. The molecule has 13 heavy (non-hydrogen) atoms. The maximum atomic E-state index is 10.0. The van der Waals surface area contributed by atoms with Crippen LogP contribution in [0.15, 0.2) is 22.8 Å². The van der Waals surface area contributed by atoms with Crippen molar-refractivity contribution in [3.8, 4) is 0 Å². The van der Waals surface area contributed by atoms with Crippen LogP contribution in [0.3, 0.4) is 0 Å². The standard InChI is InChI=1S/C10H15NO2/c11-7-10(4-2-5-10)9(12)8-3-1-6-13-8/h1,3,6,9,12H,2,4-5,7,11H2/t9-/m0/s1. The van der Waals surface area contributed by atoms with Crippen LogP contribution in [0, 0.1) is 5.41 Å². The van der Waals surface area contributed by atoms with Gasteiger partial charge in [0.15, 0.2) is 0 Å². The van der Waals surface area contributed by atoms with Crippen molar-refractivity contribution in [3.05, 3.63) is 24.2 Å². The van der Waals surface area contributed by atoms with Gasteiger partial charge in [0.1, 0.15) is 11.9 Å². The van der Waals surface area contributed by atoms with Crippen molar-refractivity contribution < 1.29 is 9.52 Å². The lowest BCUT2D eigenvalue weighted by atomic mass is 9.64. The minimum Gasteiger partial charge on any atom is -0.467 e. The van der Waals surface area contributed by atoms with E-state index >= 15 is 0 Å². The van der Waals surface area contributed by atoms with Crippen LogP contribution in [0.2, 0.25) is 0 Å². The van der Waals surface area contributed by atoms with Gasteiger partial charge < -0.3 is 15.3 Å². The minimum atomic E-state index is -0.527. The predicted molar refractivity (Wildman–Crippen MR) is 49.0 cm³/mol. The third-order valence-corrected chi connectivity index (χ3v) is 3.15. The third-order valence-electron chi connectivity index (χ3n) is 3.15. The molecule has 1 fully saturated rings. The van der Waals surface area contributed by atoms with Crippen LogP contribution in [0.4, 0.5) is 0 Å². The molecular formula is C10H15NO2. The number of hydrogen-bond donors (Lipinski definition) is 2. The fourth-order valence-electron chi connectivity index (χ4n) is 1.97. The van der Waals surface area contributed by atoms with Crippen LogP contribution in [-0.4, -0.2) is 11.7 Å². The summed E-state index contributed by atoms with van der Waals surface area (Å²) in [7, 11) is 0. The lowest BCUT2D eigenvalue weighted by Gasteiger charge is -2.43. The van der Waals surface area contributed by atoms with E-state index < -0.39 is 6.10 Å². The van der Waals surface area contributed by atoms with E-state index in [0.717, 1.165) is 19.3 Å². The van der Waals surface area contributed by atoms with Gasteiger partial charge in [-0.3, -0.25) is 0 Å². The molecule has 1 aromatic rings. The zero-order valence-corrected chi connectivity index (χ0v) is 7.57. The Morgan fingerprint density at radius 2 is 2.38 bits per heavy atom. The second-order valence-corrected chi connectivity index (χ2v) is 3.84. The summed E-state index contributed by atoms with van der Waals surface area (Å²) in [4.78, 5) is 0. The summed E-state index contributed by atoms with van der Waals surface area (Å²) in [5.41, 5.74) is 5.56. The molecule has 2 rings (SSSR count). The van der Waals surface area contributed by atoms with Gasteiger partial charge in [0.05, 0.1) is 6.26 Å². The molecule has 3 nitrogen and oxygen atoms in total. The summed E-state index contributed by atoms with van der Waals surface area (Å²) in [6.07, 6.45) is 4.23. The highest BCUT2D eigenvalue weighted by molar-refractivity contribution is 5.09. The molecule has 0 bridgehead atoms. The molecule has 1 aliphatic carbocycles. The highest BCUT2D eigenvalue weighted by Gasteiger charge is 2.44. The van der Waals surface area contributed by atoms with E-state index in [1.165, 1.54) is 0 Å². The lowest BCUT2D eigenvalue weighted by molar-refractivity contribution is -0.0417. The van der Waals surface area contributed by atoms with Gasteiger partial charge in [-0.2, -0.15) is 0 Å². The summed E-state index contributed by atoms with van der Waals surface area (Å²) >= 11 is 0. The van der Waals surface area contributed by atoms with Crippen molar-refractivity contribution in [2.45, 2.75) is 25.4 Å². The molecule has 3 heteroatoms. The molecule has 0 radical (unpaired) electrons. The predicted octanol–water partition coefficient (Wildman–Crippen LogP) is 1.44. The molecule has 72 valence electrons. The molecule has 0 aliphatic heterocycles. The van der Waals surface area contributed by atoms with Gasteiger partial charge >= 0.3 is 0 Å². The lowest BCUT2D eigenvalue weighted by Crippen LogP contribution is -2.42. The summed E-state index contributed by atoms with van der Waals surface area (Å²) in [6.45, 7) is 0.537. The maximum absolute atomic E-state index is 10.0. The van der Waals surface area contributed by atoms with E-state index in [1.54, 1.807) is 18.4 Å². The number of aliphatic hydroxyl groups excluding tert-OH is 1. The van der Waals surface area contributed by atoms with E-state index in [0.29, 0.717) is 12.3 Å². The molecule has 0 unspecified atom stereocenters. The summed E-state index contributed by atoms with van der Waals surface area (Å²) in [6, 6.07) is 3.60. The smallest absolute Gasteiger partial charge is 0.132 e. The van der Waals surface area contributed by atoms with Crippen LogP contribution in [0.5, 0.6) is 0 Å². The highest BCUT2D eigenvalue weighted by Crippen LogP contribution is 2.49. The fraction of sp³-hybridized carbons (Fsp3) is 0.600. The topological polar surface area (TPSA) is 59.4 Å². The number of hydrogen-bond acceptors (Lipinski definition) is 3. The van der Waals surface area contributed by atoms with Gasteiger partial charge in [-0.15, -0.1) is 0 Å². The van der Waals surface area contributed by atoms with Crippen molar-refractivity contribution in [2.24, 2.45) is 11.1 Å². The molecule has 1 saturated carbocycles. The Bertz CT molecular complexity index is 259. The van der Waals surface area contributed by atoms with E-state index in [2.05, 4.69) is 0 Å². The maximum Gasteiger partial charge on any atom is 0.132 e. The van der Waals surface area contributed by atoms with Crippen LogP contribution in [0.25, 0.3) is 0 Å². The first kappa shape index (κ1) is 8.78. The van der Waals surface area contributed by atoms with Gasteiger partial charge in [-0.1, -0.05) is 6.42 Å². The van der Waals surface area contributed by atoms with E-state index in [9.17, 15) is 5.11 Å². The Labute approximate surface area is 77.5 Å².